The van der Waals surface area contributed by atoms with Crippen molar-refractivity contribution in [2.45, 2.75) is 0 Å². The standard InChI is InChI=1S/C27H18BrNO4/c1-33-27(32)22-14-17(13-21(24(22)28)26(30)31)15-9-11-16(12-10-15)18-6-4-7-20-19-5-2-3-8-23(19)29-25(18)20/h2-14,29H,1H3,(H,30,31). The maximum absolute atomic E-state index is 12.2. The van der Waals surface area contributed by atoms with E-state index in [0.29, 0.717) is 5.56 Å². The molecule has 0 aliphatic rings. The van der Waals surface area contributed by atoms with Crippen molar-refractivity contribution in [3.63, 3.8) is 0 Å². The highest BCUT2D eigenvalue weighted by atomic mass is 79.9. The maximum Gasteiger partial charge on any atom is 0.339 e. The van der Waals surface area contributed by atoms with Gasteiger partial charge in [-0.15, -0.1) is 0 Å². The molecular weight excluding hydrogens is 482 g/mol. The lowest BCUT2D eigenvalue weighted by atomic mass is 9.96. The molecule has 0 radical (unpaired) electrons. The molecule has 0 amide bonds. The predicted molar refractivity (Wildman–Crippen MR) is 133 cm³/mol. The molecule has 33 heavy (non-hydrogen) atoms. The van der Waals surface area contributed by atoms with E-state index in [9.17, 15) is 14.7 Å². The van der Waals surface area contributed by atoms with Crippen LogP contribution in [0.15, 0.2) is 83.3 Å². The summed E-state index contributed by atoms with van der Waals surface area (Å²) in [7, 11) is 1.27. The van der Waals surface area contributed by atoms with E-state index in [1.165, 1.54) is 12.5 Å². The minimum absolute atomic E-state index is 0.000167. The highest BCUT2D eigenvalue weighted by Crippen LogP contribution is 2.35. The molecule has 0 atom stereocenters. The molecule has 0 aliphatic heterocycles. The number of benzene rings is 4. The van der Waals surface area contributed by atoms with Crippen molar-refractivity contribution in [2.24, 2.45) is 0 Å². The quantitative estimate of drug-likeness (QED) is 0.263. The fraction of sp³-hybridized carbons (Fsp3) is 0.0370. The number of carboxylic acids is 1. The highest BCUT2D eigenvalue weighted by molar-refractivity contribution is 9.10. The molecule has 0 fully saturated rings. The van der Waals surface area contributed by atoms with E-state index >= 15 is 0 Å². The van der Waals surface area contributed by atoms with Gasteiger partial charge in [0.15, 0.2) is 0 Å². The van der Waals surface area contributed by atoms with Crippen LogP contribution in [0, 0.1) is 0 Å². The zero-order valence-electron chi connectivity index (χ0n) is 17.6. The van der Waals surface area contributed by atoms with Gasteiger partial charge in [-0.05, 0) is 50.8 Å². The third-order valence-electron chi connectivity index (χ3n) is 5.78. The number of fused-ring (bicyclic) bond motifs is 3. The Morgan fingerprint density at radius 2 is 1.48 bits per heavy atom. The van der Waals surface area contributed by atoms with Crippen LogP contribution in [-0.2, 0) is 4.74 Å². The number of para-hydroxylation sites is 2. The minimum Gasteiger partial charge on any atom is -0.478 e. The van der Waals surface area contributed by atoms with Gasteiger partial charge in [-0.3, -0.25) is 0 Å². The smallest absolute Gasteiger partial charge is 0.339 e. The number of rotatable bonds is 4. The molecule has 2 N–H and O–H groups in total. The zero-order valence-corrected chi connectivity index (χ0v) is 19.1. The normalized spacial score (nSPS) is 11.1. The summed E-state index contributed by atoms with van der Waals surface area (Å²) < 4.78 is 5.02. The molecule has 0 saturated heterocycles. The first-order valence-electron chi connectivity index (χ1n) is 10.2. The number of esters is 1. The van der Waals surface area contributed by atoms with Crippen molar-refractivity contribution in [1.29, 1.82) is 0 Å². The number of carboxylic acid groups (broad SMARTS) is 1. The molecule has 1 aromatic heterocycles. The van der Waals surface area contributed by atoms with Crippen LogP contribution in [0.5, 0.6) is 0 Å². The van der Waals surface area contributed by atoms with Gasteiger partial charge in [-0.2, -0.15) is 0 Å². The van der Waals surface area contributed by atoms with Crippen molar-refractivity contribution in [1.82, 2.24) is 4.98 Å². The fourth-order valence-electron chi connectivity index (χ4n) is 4.16. The number of methoxy groups -OCH3 is 1. The van der Waals surface area contributed by atoms with Crippen LogP contribution >= 0.6 is 15.9 Å². The second-order valence-electron chi connectivity index (χ2n) is 7.66. The number of halogens is 1. The Kier molecular flexibility index (Phi) is 5.23. The number of H-pyrrole nitrogens is 1. The van der Waals surface area contributed by atoms with Gasteiger partial charge in [-0.1, -0.05) is 60.7 Å². The fourth-order valence-corrected chi connectivity index (χ4v) is 4.72. The van der Waals surface area contributed by atoms with E-state index in [2.05, 4.69) is 45.2 Å². The number of aromatic carboxylic acids is 1. The largest absolute Gasteiger partial charge is 0.478 e. The minimum atomic E-state index is -1.13. The van der Waals surface area contributed by atoms with E-state index < -0.39 is 11.9 Å². The molecule has 4 aromatic carbocycles. The Morgan fingerprint density at radius 3 is 2.21 bits per heavy atom. The van der Waals surface area contributed by atoms with Gasteiger partial charge < -0.3 is 14.8 Å². The van der Waals surface area contributed by atoms with Gasteiger partial charge in [0.25, 0.3) is 0 Å². The van der Waals surface area contributed by atoms with Crippen LogP contribution in [0.1, 0.15) is 20.7 Å². The summed E-state index contributed by atoms with van der Waals surface area (Å²) in [5.74, 6) is -1.73. The van der Waals surface area contributed by atoms with Crippen LogP contribution in [0.25, 0.3) is 44.1 Å². The van der Waals surface area contributed by atoms with Crippen LogP contribution < -0.4 is 0 Å². The summed E-state index contributed by atoms with van der Waals surface area (Å²) in [6, 6.07) is 25.5. The summed E-state index contributed by atoms with van der Waals surface area (Å²) in [4.78, 5) is 27.4. The third-order valence-corrected chi connectivity index (χ3v) is 6.63. The van der Waals surface area contributed by atoms with Crippen molar-refractivity contribution >= 4 is 49.7 Å². The number of aromatic amines is 1. The Bertz CT molecular complexity index is 1550. The SMILES string of the molecule is COC(=O)c1cc(-c2ccc(-c3cccc4c3[nH]c3ccccc34)cc2)cc(C(=O)O)c1Br. The lowest BCUT2D eigenvalue weighted by Gasteiger charge is -2.11. The number of carbonyl (C=O) groups excluding carboxylic acids is 1. The highest BCUT2D eigenvalue weighted by Gasteiger charge is 2.20. The van der Waals surface area contributed by atoms with E-state index in [1.807, 2.05) is 42.5 Å². The summed E-state index contributed by atoms with van der Waals surface area (Å²) in [5, 5.41) is 11.9. The monoisotopic (exact) mass is 499 g/mol. The third kappa shape index (κ3) is 3.58. The van der Waals surface area contributed by atoms with E-state index in [0.717, 1.165) is 33.1 Å². The summed E-state index contributed by atoms with van der Waals surface area (Å²) in [6.07, 6.45) is 0. The molecule has 5 aromatic rings. The average molecular weight is 500 g/mol. The molecule has 162 valence electrons. The molecule has 1 heterocycles. The first kappa shape index (κ1) is 21.0. The number of hydrogen-bond donors (Lipinski definition) is 2. The van der Waals surface area contributed by atoms with Crippen molar-refractivity contribution in [2.75, 3.05) is 7.11 Å². The number of ether oxygens (including phenoxy) is 1. The number of nitrogens with one attached hydrogen (secondary N) is 1. The average Bonchev–Trinajstić information content (AvgIpc) is 3.22. The molecule has 0 spiro atoms. The van der Waals surface area contributed by atoms with Crippen LogP contribution in [0.3, 0.4) is 0 Å². The number of aromatic nitrogens is 1. The molecule has 5 nitrogen and oxygen atoms in total. The van der Waals surface area contributed by atoms with Crippen molar-refractivity contribution in [3.8, 4) is 22.3 Å². The van der Waals surface area contributed by atoms with Crippen molar-refractivity contribution in [3.05, 3.63) is 94.5 Å². The van der Waals surface area contributed by atoms with Crippen LogP contribution in [0.4, 0.5) is 0 Å². The number of hydrogen-bond acceptors (Lipinski definition) is 3. The van der Waals surface area contributed by atoms with Crippen LogP contribution in [-0.4, -0.2) is 29.1 Å². The predicted octanol–water partition coefficient (Wildman–Crippen LogP) is 6.90. The summed E-state index contributed by atoms with van der Waals surface area (Å²) >= 11 is 3.22. The second-order valence-corrected chi connectivity index (χ2v) is 8.45. The topological polar surface area (TPSA) is 79.4 Å². The van der Waals surface area contributed by atoms with Gasteiger partial charge in [0.1, 0.15) is 0 Å². The molecule has 0 unspecified atom stereocenters. The first-order chi connectivity index (χ1) is 16.0. The molecule has 0 saturated carbocycles. The van der Waals surface area contributed by atoms with Gasteiger partial charge in [0.2, 0.25) is 0 Å². The zero-order chi connectivity index (χ0) is 23.1. The van der Waals surface area contributed by atoms with Crippen molar-refractivity contribution < 1.29 is 19.4 Å². The van der Waals surface area contributed by atoms with E-state index in [4.69, 9.17) is 4.74 Å². The Morgan fingerprint density at radius 1 is 0.818 bits per heavy atom. The van der Waals surface area contributed by atoms with E-state index in [-0.39, 0.29) is 15.6 Å². The van der Waals surface area contributed by atoms with Gasteiger partial charge >= 0.3 is 11.9 Å². The van der Waals surface area contributed by atoms with E-state index in [1.54, 1.807) is 12.1 Å². The second kappa shape index (κ2) is 8.22. The molecule has 0 bridgehead atoms. The Hall–Kier alpha value is -3.90. The summed E-state index contributed by atoms with van der Waals surface area (Å²) in [6.45, 7) is 0. The van der Waals surface area contributed by atoms with Gasteiger partial charge in [0, 0.05) is 26.3 Å². The summed E-state index contributed by atoms with van der Waals surface area (Å²) in [5.41, 5.74) is 5.83. The van der Waals surface area contributed by atoms with Gasteiger partial charge in [0.05, 0.1) is 23.8 Å². The number of carbonyl (C=O) groups is 2. The first-order valence-corrected chi connectivity index (χ1v) is 11.0. The lowest BCUT2D eigenvalue weighted by Crippen LogP contribution is -2.07. The molecule has 6 heteroatoms. The van der Waals surface area contributed by atoms with Gasteiger partial charge in [-0.25, -0.2) is 9.59 Å². The molecule has 5 rings (SSSR count). The molecular formula is C27H18BrNO4. The Labute approximate surface area is 197 Å². The maximum atomic E-state index is 12.2. The lowest BCUT2D eigenvalue weighted by molar-refractivity contribution is 0.0599. The van der Waals surface area contributed by atoms with Crippen LogP contribution in [0.2, 0.25) is 0 Å². The molecule has 0 aliphatic carbocycles. The Balaban J connectivity index is 1.61.